The Bertz CT molecular complexity index is 969. The van der Waals surface area contributed by atoms with Crippen molar-refractivity contribution in [3.8, 4) is 0 Å². The van der Waals surface area contributed by atoms with Crippen LogP contribution in [0.25, 0.3) is 0 Å². The number of anilines is 1. The van der Waals surface area contributed by atoms with Gasteiger partial charge in [0.15, 0.2) is 0 Å². The maximum Gasteiger partial charge on any atom is 0.269 e. The van der Waals surface area contributed by atoms with Crippen LogP contribution in [-0.4, -0.2) is 30.6 Å². The topological polar surface area (TPSA) is 83.6 Å². The zero-order valence-electron chi connectivity index (χ0n) is 13.5. The first kappa shape index (κ1) is 17.4. The summed E-state index contributed by atoms with van der Waals surface area (Å²) >= 11 is 5.80. The first-order valence-corrected chi connectivity index (χ1v) is 9.33. The number of carbonyl (C=O) groups excluding carboxylic acids is 2. The van der Waals surface area contributed by atoms with Crippen molar-refractivity contribution in [1.29, 1.82) is 0 Å². The van der Waals surface area contributed by atoms with Crippen LogP contribution in [0, 0.1) is 0 Å². The fourth-order valence-electron chi connectivity index (χ4n) is 2.64. The van der Waals surface area contributed by atoms with Crippen LogP contribution in [0.4, 0.5) is 5.69 Å². The predicted octanol–water partition coefficient (Wildman–Crippen LogP) is 3.15. The average Bonchev–Trinajstić information content (AvgIpc) is 2.75. The van der Waals surface area contributed by atoms with E-state index in [-0.39, 0.29) is 16.0 Å². The summed E-state index contributed by atoms with van der Waals surface area (Å²) in [7, 11) is -3.94. The molecule has 130 valence electrons. The van der Waals surface area contributed by atoms with E-state index >= 15 is 0 Å². The van der Waals surface area contributed by atoms with Crippen LogP contribution < -0.4 is 5.32 Å². The van der Waals surface area contributed by atoms with Gasteiger partial charge in [0.25, 0.3) is 21.8 Å². The number of benzene rings is 2. The van der Waals surface area contributed by atoms with E-state index in [1.807, 2.05) is 0 Å². The lowest BCUT2D eigenvalue weighted by molar-refractivity contribution is 0.0846. The Morgan fingerprint density at radius 2 is 1.76 bits per heavy atom. The number of nitrogens with zero attached hydrogens (tertiary/aromatic N) is 1. The Labute approximate surface area is 150 Å². The van der Waals surface area contributed by atoms with Crippen LogP contribution in [0.2, 0.25) is 5.02 Å². The van der Waals surface area contributed by atoms with Gasteiger partial charge in [-0.2, -0.15) is 0 Å². The molecule has 0 aromatic heterocycles. The van der Waals surface area contributed by atoms with E-state index < -0.39 is 27.9 Å². The van der Waals surface area contributed by atoms with E-state index in [0.717, 1.165) is 4.31 Å². The zero-order chi connectivity index (χ0) is 18.4. The molecule has 1 aliphatic heterocycles. The SMILES string of the molecule is CC(C)N1C(=O)c2ccc(C(=O)Nc3ccc(Cl)cc3)cc2S1(=O)=O. The number of nitrogens with one attached hydrogen (secondary N) is 1. The van der Waals surface area contributed by atoms with Gasteiger partial charge >= 0.3 is 0 Å². The molecule has 1 N–H and O–H groups in total. The molecule has 0 bridgehead atoms. The van der Waals surface area contributed by atoms with Crippen molar-refractivity contribution in [2.24, 2.45) is 0 Å². The number of rotatable bonds is 3. The first-order chi connectivity index (χ1) is 11.7. The van der Waals surface area contributed by atoms with Gasteiger partial charge in [0.1, 0.15) is 4.90 Å². The summed E-state index contributed by atoms with van der Waals surface area (Å²) in [5.41, 5.74) is 0.755. The highest BCUT2D eigenvalue weighted by Gasteiger charge is 2.42. The highest BCUT2D eigenvalue weighted by Crippen LogP contribution is 2.32. The van der Waals surface area contributed by atoms with Crippen molar-refractivity contribution in [1.82, 2.24) is 4.31 Å². The Morgan fingerprint density at radius 1 is 1.12 bits per heavy atom. The predicted molar refractivity (Wildman–Crippen MR) is 94.3 cm³/mol. The van der Waals surface area contributed by atoms with E-state index in [2.05, 4.69) is 5.32 Å². The maximum atomic E-state index is 12.6. The van der Waals surface area contributed by atoms with Gasteiger partial charge in [-0.15, -0.1) is 0 Å². The van der Waals surface area contributed by atoms with Crippen LogP contribution in [0.1, 0.15) is 34.6 Å². The lowest BCUT2D eigenvalue weighted by Gasteiger charge is -2.18. The van der Waals surface area contributed by atoms with Gasteiger partial charge in [-0.3, -0.25) is 9.59 Å². The second-order valence-corrected chi connectivity index (χ2v) is 8.09. The molecule has 1 aliphatic rings. The zero-order valence-corrected chi connectivity index (χ0v) is 15.1. The van der Waals surface area contributed by atoms with Gasteiger partial charge in [0.05, 0.1) is 5.56 Å². The molecule has 25 heavy (non-hydrogen) atoms. The fraction of sp³-hybridized carbons (Fsp3) is 0.176. The van der Waals surface area contributed by atoms with E-state index in [9.17, 15) is 18.0 Å². The fourth-order valence-corrected chi connectivity index (χ4v) is 4.55. The molecule has 1 heterocycles. The molecule has 0 spiro atoms. The van der Waals surface area contributed by atoms with Crippen molar-refractivity contribution in [3.05, 3.63) is 58.6 Å². The minimum Gasteiger partial charge on any atom is -0.322 e. The Kier molecular flexibility index (Phi) is 4.30. The van der Waals surface area contributed by atoms with Crippen molar-refractivity contribution in [2.45, 2.75) is 24.8 Å². The van der Waals surface area contributed by atoms with Crippen LogP contribution in [0.5, 0.6) is 0 Å². The van der Waals surface area contributed by atoms with Gasteiger partial charge in [0.2, 0.25) is 0 Å². The number of hydrogen-bond acceptors (Lipinski definition) is 4. The molecular formula is C17H15ClN2O4S. The Balaban J connectivity index is 1.95. The molecule has 3 rings (SSSR count). The second-order valence-electron chi connectivity index (χ2n) is 5.87. The molecule has 2 amide bonds. The molecule has 0 unspecified atom stereocenters. The molecule has 8 heteroatoms. The summed E-state index contributed by atoms with van der Waals surface area (Å²) in [4.78, 5) is 24.5. The van der Waals surface area contributed by atoms with Crippen molar-refractivity contribution < 1.29 is 18.0 Å². The standard InChI is InChI=1S/C17H15ClN2O4S/c1-10(2)20-17(22)14-8-3-11(9-15(14)25(20,23)24)16(21)19-13-6-4-12(18)5-7-13/h3-10H,1-2H3,(H,19,21). The number of halogens is 1. The third-order valence-corrected chi connectivity index (χ3v) is 6.03. The third-order valence-electron chi connectivity index (χ3n) is 3.78. The molecule has 6 nitrogen and oxygen atoms in total. The molecule has 0 aliphatic carbocycles. The van der Waals surface area contributed by atoms with Crippen molar-refractivity contribution in [3.63, 3.8) is 0 Å². The number of sulfonamides is 1. The van der Waals surface area contributed by atoms with Crippen molar-refractivity contribution in [2.75, 3.05) is 5.32 Å². The molecule has 0 saturated carbocycles. The lowest BCUT2D eigenvalue weighted by Crippen LogP contribution is -2.36. The normalized spacial score (nSPS) is 15.4. The second kappa shape index (κ2) is 6.16. The monoisotopic (exact) mass is 378 g/mol. The van der Waals surface area contributed by atoms with E-state index in [4.69, 9.17) is 11.6 Å². The quantitative estimate of drug-likeness (QED) is 0.889. The molecule has 2 aromatic carbocycles. The van der Waals surface area contributed by atoms with E-state index in [1.165, 1.54) is 18.2 Å². The number of fused-ring (bicyclic) bond motifs is 1. The summed E-state index contributed by atoms with van der Waals surface area (Å²) in [6.07, 6.45) is 0. The molecule has 0 atom stereocenters. The molecular weight excluding hydrogens is 364 g/mol. The van der Waals surface area contributed by atoms with Gasteiger partial charge in [-0.05, 0) is 56.3 Å². The summed E-state index contributed by atoms with van der Waals surface area (Å²) in [6, 6.07) is 10.1. The highest BCUT2D eigenvalue weighted by atomic mass is 35.5. The van der Waals surface area contributed by atoms with Gasteiger partial charge < -0.3 is 5.32 Å². The Morgan fingerprint density at radius 3 is 2.36 bits per heavy atom. The minimum atomic E-state index is -3.94. The molecule has 0 saturated heterocycles. The summed E-state index contributed by atoms with van der Waals surface area (Å²) in [5.74, 6) is -1.05. The number of hydrogen-bond donors (Lipinski definition) is 1. The van der Waals surface area contributed by atoms with Gasteiger partial charge in [-0.25, -0.2) is 12.7 Å². The van der Waals surface area contributed by atoms with Crippen LogP contribution >= 0.6 is 11.6 Å². The summed E-state index contributed by atoms with van der Waals surface area (Å²) < 4.78 is 26.0. The average molecular weight is 379 g/mol. The third kappa shape index (κ3) is 3.01. The number of amides is 2. The first-order valence-electron chi connectivity index (χ1n) is 7.51. The maximum absolute atomic E-state index is 12.6. The van der Waals surface area contributed by atoms with Gasteiger partial charge in [-0.1, -0.05) is 11.6 Å². The summed E-state index contributed by atoms with van der Waals surface area (Å²) in [5, 5.41) is 3.19. The van der Waals surface area contributed by atoms with E-state index in [1.54, 1.807) is 38.1 Å². The molecule has 2 aromatic rings. The van der Waals surface area contributed by atoms with E-state index in [0.29, 0.717) is 10.7 Å². The Hall–Kier alpha value is -2.38. The molecule has 0 fully saturated rings. The van der Waals surface area contributed by atoms with Crippen LogP contribution in [-0.2, 0) is 10.0 Å². The molecule has 0 radical (unpaired) electrons. The smallest absolute Gasteiger partial charge is 0.269 e. The van der Waals surface area contributed by atoms with Crippen molar-refractivity contribution >= 4 is 39.1 Å². The lowest BCUT2D eigenvalue weighted by atomic mass is 10.1. The highest BCUT2D eigenvalue weighted by molar-refractivity contribution is 7.90. The van der Waals surface area contributed by atoms with Crippen LogP contribution in [0.3, 0.4) is 0 Å². The van der Waals surface area contributed by atoms with Gasteiger partial charge in [0, 0.05) is 22.3 Å². The van der Waals surface area contributed by atoms with Crippen LogP contribution in [0.15, 0.2) is 47.4 Å². The summed E-state index contributed by atoms with van der Waals surface area (Å²) in [6.45, 7) is 3.24. The largest absolute Gasteiger partial charge is 0.322 e. The minimum absolute atomic E-state index is 0.0803. The number of carbonyl (C=O) groups is 2.